The van der Waals surface area contributed by atoms with E-state index >= 15 is 0 Å². The molecule has 6 saturated carbocycles. The smallest absolute Gasteiger partial charge is 1.00 e. The fraction of sp³-hybridized carbons (Fsp3) is 0.560. The Morgan fingerprint density at radius 1 is 0.600 bits per heavy atom. The van der Waals surface area contributed by atoms with Crippen molar-refractivity contribution in [2.24, 2.45) is 35.5 Å². The van der Waals surface area contributed by atoms with Gasteiger partial charge in [-0.1, -0.05) is 126 Å². The number of benzene rings is 2. The maximum absolute atomic E-state index is 5.78. The van der Waals surface area contributed by atoms with Crippen LogP contribution in [0.3, 0.4) is 0 Å². The molecule has 8 unspecified atom stereocenters. The molecule has 5 nitrogen and oxygen atoms in total. The Morgan fingerprint density at radius 3 is 1.60 bits per heavy atom. The molecule has 8 aliphatic rings. The number of nitrogens with zero attached hydrogens (tertiary/aromatic N) is 3. The van der Waals surface area contributed by atoms with Crippen LogP contribution >= 0.6 is 27.5 Å². The van der Waals surface area contributed by atoms with Crippen LogP contribution in [0, 0.1) is 41.9 Å². The summed E-state index contributed by atoms with van der Waals surface area (Å²) in [5, 5.41) is 0.529. The third-order valence-electron chi connectivity index (χ3n) is 13.4. The van der Waals surface area contributed by atoms with Gasteiger partial charge in [0.15, 0.2) is 0 Å². The SMILES string of the molecule is BrC1CC2CCC1C2.C1CCOC1.C1CCOC1.Clc1cc(-c2ccccc2)ccn1.[Br-].[CH-]1CC2CCC1C2.[H-].[H-].[Mg+2].[Mg+2].c1ccc(-c2cc(C3CC4CCC3C4)ncn2)cc1. The molecule has 0 spiro atoms. The minimum atomic E-state index is 0. The predicted octanol–water partition coefficient (Wildman–Crippen LogP) is 10.1. The van der Waals surface area contributed by atoms with Gasteiger partial charge in [-0.25, -0.2) is 15.0 Å². The molecule has 10 heteroatoms. The molecule has 0 amide bonds. The second-order valence-electron chi connectivity index (χ2n) is 17.4. The normalized spacial score (nSPS) is 27.9. The van der Waals surface area contributed by atoms with Crippen molar-refractivity contribution < 1.29 is 29.3 Å². The van der Waals surface area contributed by atoms with E-state index in [1.807, 2.05) is 48.5 Å². The van der Waals surface area contributed by atoms with Crippen LogP contribution in [0.5, 0.6) is 0 Å². The zero-order chi connectivity index (χ0) is 39.1. The first-order valence-corrected chi connectivity index (χ1v) is 23.5. The Morgan fingerprint density at radius 2 is 1.20 bits per heavy atom. The van der Waals surface area contributed by atoms with E-state index in [1.165, 1.54) is 114 Å². The van der Waals surface area contributed by atoms with Crippen LogP contribution in [0.15, 0.2) is 91.4 Å². The van der Waals surface area contributed by atoms with Crippen LogP contribution in [0.25, 0.3) is 22.4 Å². The zero-order valence-corrected chi connectivity index (χ0v) is 42.5. The Balaban J connectivity index is 0.000000270. The van der Waals surface area contributed by atoms with Crippen LogP contribution in [-0.2, 0) is 9.47 Å². The van der Waals surface area contributed by atoms with E-state index in [-0.39, 0.29) is 65.9 Å². The third kappa shape index (κ3) is 16.4. The number of pyridine rings is 1. The molecule has 0 radical (unpaired) electrons. The Kier molecular flexibility index (Phi) is 24.5. The largest absolute Gasteiger partial charge is 2.00 e. The molecule has 6 aliphatic carbocycles. The van der Waals surface area contributed by atoms with Gasteiger partial charge in [0, 0.05) is 54.6 Å². The molecular formula is C50H66Br2ClMg2N3O2. The van der Waals surface area contributed by atoms with Crippen molar-refractivity contribution in [1.29, 1.82) is 0 Å². The molecule has 4 heterocycles. The monoisotopic (exact) mass is 981 g/mol. The van der Waals surface area contributed by atoms with Crippen LogP contribution in [-0.4, -0.2) is 92.3 Å². The van der Waals surface area contributed by atoms with Crippen LogP contribution < -0.4 is 17.0 Å². The Hall–Kier alpha value is -0.628. The molecule has 8 atom stereocenters. The van der Waals surface area contributed by atoms with Crippen molar-refractivity contribution in [3.63, 3.8) is 0 Å². The number of rotatable bonds is 3. The van der Waals surface area contributed by atoms with Crippen molar-refractivity contribution in [2.45, 2.75) is 113 Å². The standard InChI is InChI=1S/C17H18N2.C11H8ClN.C7H11Br.C7H11.2C4H8O.BrH.2Mg.2H/c1-2-4-13(5-3-1)16-10-17(19-11-18-16)15-9-12-6-7-14(15)8-12;12-11-8-10(6-7-13-11)9-4-2-1-3-5-9;8-7-4-5-1-2-6(7)3-5;1-2-7-4-3-6(1)5-7;2*1-2-4-5-3-1;;;;;/h1-5,10-12,14-15H,6-9H2;1-8H;5-7H,1-4H2;1,6-7H,2-5H2;2*1-4H2;1H;;;;/q;;;-1;;;;2*+2;2*-1/p-1. The van der Waals surface area contributed by atoms with E-state index in [9.17, 15) is 0 Å². The van der Waals surface area contributed by atoms with Crippen LogP contribution in [0.4, 0.5) is 0 Å². The maximum Gasteiger partial charge on any atom is 2.00 e. The van der Waals surface area contributed by atoms with E-state index in [2.05, 4.69) is 67.6 Å². The molecule has 318 valence electrons. The predicted molar refractivity (Wildman–Crippen MR) is 252 cm³/mol. The van der Waals surface area contributed by atoms with Gasteiger partial charge in [0.05, 0.1) is 5.69 Å². The molecule has 60 heavy (non-hydrogen) atoms. The Labute approximate surface area is 420 Å². The van der Waals surface area contributed by atoms with Gasteiger partial charge in [0.2, 0.25) is 0 Å². The number of halogens is 3. The summed E-state index contributed by atoms with van der Waals surface area (Å²) >= 11 is 9.48. The van der Waals surface area contributed by atoms with Crippen molar-refractivity contribution in [3.05, 3.63) is 109 Å². The van der Waals surface area contributed by atoms with E-state index in [0.717, 1.165) is 83.6 Å². The maximum atomic E-state index is 5.78. The molecular weight excluding hydrogens is 918 g/mol. The zero-order valence-electron chi connectivity index (χ0n) is 37.7. The number of fused-ring (bicyclic) bond motifs is 6. The quantitative estimate of drug-likeness (QED) is 0.0886. The van der Waals surface area contributed by atoms with Crippen LogP contribution in [0.1, 0.15) is 117 Å². The average Bonchev–Trinajstić information content (AvgIpc) is 4.14. The summed E-state index contributed by atoms with van der Waals surface area (Å²) in [7, 11) is 0. The van der Waals surface area contributed by atoms with Gasteiger partial charge in [-0.15, -0.1) is 0 Å². The van der Waals surface area contributed by atoms with Gasteiger partial charge >= 0.3 is 46.1 Å². The van der Waals surface area contributed by atoms with Crippen LogP contribution in [0.2, 0.25) is 5.15 Å². The molecule has 2 aromatic carbocycles. The van der Waals surface area contributed by atoms with Gasteiger partial charge in [-0.05, 0) is 117 Å². The summed E-state index contributed by atoms with van der Waals surface area (Å²) in [6.45, 7) is 4.00. The van der Waals surface area contributed by atoms with Gasteiger partial charge in [-0.2, -0.15) is 12.3 Å². The second-order valence-corrected chi connectivity index (χ2v) is 19.0. The second kappa shape index (κ2) is 28.3. The van der Waals surface area contributed by atoms with Gasteiger partial charge < -0.3 is 35.7 Å². The van der Waals surface area contributed by atoms with E-state index < -0.39 is 0 Å². The number of hydrogen-bond acceptors (Lipinski definition) is 5. The molecule has 4 aromatic rings. The summed E-state index contributed by atoms with van der Waals surface area (Å²) in [5.74, 6) is 6.84. The molecule has 2 aliphatic heterocycles. The number of aromatic nitrogens is 3. The van der Waals surface area contributed by atoms with Crippen molar-refractivity contribution >= 4 is 73.6 Å². The van der Waals surface area contributed by atoms with E-state index in [0.29, 0.717) is 11.1 Å². The van der Waals surface area contributed by atoms with E-state index in [4.69, 9.17) is 21.1 Å². The topological polar surface area (TPSA) is 57.1 Å². The molecule has 2 aromatic heterocycles. The summed E-state index contributed by atoms with van der Waals surface area (Å²) in [5.41, 5.74) is 5.77. The number of hydrogen-bond donors (Lipinski definition) is 0. The number of ether oxygens (including phenoxy) is 2. The van der Waals surface area contributed by atoms with Crippen molar-refractivity contribution in [2.75, 3.05) is 26.4 Å². The first kappa shape index (κ1) is 52.0. The minimum Gasteiger partial charge on any atom is -1.00 e. The van der Waals surface area contributed by atoms with Gasteiger partial charge in [-0.3, -0.25) is 0 Å². The van der Waals surface area contributed by atoms with Gasteiger partial charge in [0.1, 0.15) is 11.5 Å². The average molecular weight is 985 g/mol. The molecule has 2 saturated heterocycles. The summed E-state index contributed by atoms with van der Waals surface area (Å²) in [6.07, 6.45) is 28.7. The first-order chi connectivity index (χ1) is 28.1. The van der Waals surface area contributed by atoms with Crippen molar-refractivity contribution in [1.82, 2.24) is 15.0 Å². The van der Waals surface area contributed by atoms with E-state index in [1.54, 1.807) is 12.5 Å². The number of alkyl halides is 1. The van der Waals surface area contributed by atoms with Crippen molar-refractivity contribution in [3.8, 4) is 22.4 Å². The first-order valence-electron chi connectivity index (χ1n) is 22.2. The fourth-order valence-corrected chi connectivity index (χ4v) is 11.5. The van der Waals surface area contributed by atoms with Gasteiger partial charge in [0.25, 0.3) is 0 Å². The third-order valence-corrected chi connectivity index (χ3v) is 14.7. The summed E-state index contributed by atoms with van der Waals surface area (Å²) in [4.78, 5) is 13.8. The molecule has 6 bridgehead atoms. The summed E-state index contributed by atoms with van der Waals surface area (Å²) in [6, 6.07) is 26.5. The minimum absolute atomic E-state index is 0. The molecule has 12 rings (SSSR count). The summed E-state index contributed by atoms with van der Waals surface area (Å²) < 4.78 is 9.89. The Bertz CT molecular complexity index is 1720. The molecule has 8 fully saturated rings. The fourth-order valence-electron chi connectivity index (χ4n) is 10.3. The molecule has 0 N–H and O–H groups in total.